The fourth-order valence-electron chi connectivity index (χ4n) is 13.7. The van der Waals surface area contributed by atoms with Crippen molar-refractivity contribution in [3.05, 3.63) is 28.8 Å². The third-order valence-corrected chi connectivity index (χ3v) is 16.1. The number of fused-ring (bicyclic) bond motifs is 10. The summed E-state index contributed by atoms with van der Waals surface area (Å²) >= 11 is 0. The Balaban J connectivity index is 0.000000411. The van der Waals surface area contributed by atoms with E-state index in [1.165, 1.54) is 11.1 Å². The summed E-state index contributed by atoms with van der Waals surface area (Å²) in [4.78, 5) is 14.2. The fourth-order valence-corrected chi connectivity index (χ4v) is 13.7. The number of ether oxygens (including phenoxy) is 4. The first-order valence-electron chi connectivity index (χ1n) is 20.8. The van der Waals surface area contributed by atoms with E-state index in [0.29, 0.717) is 25.4 Å². The second-order valence-electron chi connectivity index (χ2n) is 21.1. The smallest absolute Gasteiger partial charge is 0.169 e. The molecule has 54 heavy (non-hydrogen) atoms. The number of hydrogen-bond donors (Lipinski definition) is 5. The van der Waals surface area contributed by atoms with Crippen LogP contribution < -0.4 is 5.32 Å². The molecule has 3 saturated carbocycles. The van der Waals surface area contributed by atoms with Crippen molar-refractivity contribution >= 4 is 11.5 Å². The molecule has 8 aliphatic rings. The van der Waals surface area contributed by atoms with Gasteiger partial charge in [-0.1, -0.05) is 20.8 Å². The van der Waals surface area contributed by atoms with Gasteiger partial charge in [-0.15, -0.1) is 0 Å². The molecule has 9 rings (SSSR count). The van der Waals surface area contributed by atoms with E-state index in [1.807, 2.05) is 13.0 Å². The first kappa shape index (κ1) is 39.2. The summed E-state index contributed by atoms with van der Waals surface area (Å²) in [6.45, 7) is 23.1. The summed E-state index contributed by atoms with van der Waals surface area (Å²) < 4.78 is 24.6. The van der Waals surface area contributed by atoms with E-state index in [1.54, 1.807) is 27.7 Å². The zero-order valence-corrected chi connectivity index (χ0v) is 34.5. The molecule has 5 N–H and O–H groups in total. The Morgan fingerprint density at radius 3 is 2.35 bits per heavy atom. The number of aliphatic hydroxyl groups excluding tert-OH is 1. The molecule has 4 aliphatic heterocycles. The van der Waals surface area contributed by atoms with Gasteiger partial charge in [-0.25, -0.2) is 0 Å². The predicted molar refractivity (Wildman–Crippen MR) is 205 cm³/mol. The number of anilines is 1. The molecule has 0 bridgehead atoms. The molecule has 1 spiro atoms. The number of epoxide rings is 1. The van der Waals surface area contributed by atoms with Crippen LogP contribution in [-0.2, 0) is 25.4 Å². The predicted octanol–water partition coefficient (Wildman–Crippen LogP) is 5.69. The third kappa shape index (κ3) is 5.09. The van der Waals surface area contributed by atoms with Gasteiger partial charge in [-0.2, -0.15) is 0 Å². The molecule has 1 aromatic rings. The summed E-state index contributed by atoms with van der Waals surface area (Å²) in [5.74, 6) is 0.858. The van der Waals surface area contributed by atoms with Gasteiger partial charge in [0.25, 0.3) is 0 Å². The topological polar surface area (TPSA) is 150 Å². The molecular formula is C44H67NO9. The van der Waals surface area contributed by atoms with E-state index in [4.69, 9.17) is 24.1 Å². The van der Waals surface area contributed by atoms with Crippen molar-refractivity contribution in [2.45, 2.75) is 191 Å². The standard InChI is InChI=1S/C37H51NO7.C7H16O2/c1-31(2,41)29-27(40)30-37(44-30)23(43-29)12-13-34(7)35(8)17(11-14-36(34,37)42)15-20-24-19-16-21-25(33(5,6)45-32(21,3)4)26(39)18(19)9-10-22(24)38-28(20)35;1-4-5-9-6-7(2,3)8/h9-10,17,20-21,23,25,27-30,38,40-42H,11-16H2,1-8H3;8H,4-6H2,1-3H3/t17?,20?,21?,23?,25-,27?,28?,29?,30?,34?,35?,36?,37?;/m1./s1. The summed E-state index contributed by atoms with van der Waals surface area (Å²) in [5, 5.41) is 48.4. The minimum absolute atomic E-state index is 0.113. The highest BCUT2D eigenvalue weighted by atomic mass is 16.7. The Morgan fingerprint density at radius 1 is 1.00 bits per heavy atom. The lowest BCUT2D eigenvalue weighted by atomic mass is 9.40. The molecule has 0 radical (unpaired) electrons. The number of ketones is 1. The molecule has 0 amide bonds. The van der Waals surface area contributed by atoms with Crippen LogP contribution in [0.15, 0.2) is 12.1 Å². The Bertz CT molecular complexity index is 1700. The number of hydrogen-bond acceptors (Lipinski definition) is 10. The molecule has 3 saturated heterocycles. The quantitative estimate of drug-likeness (QED) is 0.187. The highest BCUT2D eigenvalue weighted by molar-refractivity contribution is 6.02. The summed E-state index contributed by atoms with van der Waals surface area (Å²) in [6.07, 6.45) is 3.12. The molecule has 6 fully saturated rings. The fraction of sp³-hybridized carbons (Fsp3) is 0.841. The lowest BCUT2D eigenvalue weighted by molar-refractivity contribution is -0.292. The van der Waals surface area contributed by atoms with E-state index in [0.717, 1.165) is 50.0 Å². The normalized spacial score (nSPS) is 45.9. The molecule has 4 heterocycles. The maximum atomic E-state index is 14.2. The van der Waals surface area contributed by atoms with Crippen molar-refractivity contribution in [1.82, 2.24) is 0 Å². The van der Waals surface area contributed by atoms with Crippen LogP contribution in [0.5, 0.6) is 0 Å². The SMILES string of the molecule is CC(C)(O)C1OC2CCC3(C)C4(C)C(CCC3(O)C23OC3C1O)CC1c2c(ccc3c2CC2[C@H](C3=O)C(C)(C)OC2(C)C)NC14.CCCOCC(C)(C)O. The van der Waals surface area contributed by atoms with Crippen LogP contribution in [0.1, 0.15) is 142 Å². The first-order chi connectivity index (χ1) is 24.9. The Kier molecular flexibility index (Phi) is 8.69. The first-order valence-corrected chi connectivity index (χ1v) is 20.8. The van der Waals surface area contributed by atoms with Crippen molar-refractivity contribution in [2.24, 2.45) is 28.6 Å². The molecule has 1 aromatic carbocycles. The van der Waals surface area contributed by atoms with Crippen LogP contribution >= 0.6 is 0 Å². The summed E-state index contributed by atoms with van der Waals surface area (Å²) in [6, 6.07) is 4.29. The average molecular weight is 754 g/mol. The second kappa shape index (κ2) is 12.0. The van der Waals surface area contributed by atoms with Gasteiger partial charge in [-0.05, 0) is 135 Å². The van der Waals surface area contributed by atoms with Crippen LogP contribution in [0.4, 0.5) is 5.69 Å². The van der Waals surface area contributed by atoms with Crippen LogP contribution in [0, 0.1) is 28.6 Å². The minimum atomic E-state index is -1.22. The minimum Gasteiger partial charge on any atom is -0.388 e. The monoisotopic (exact) mass is 753 g/mol. The lowest BCUT2D eigenvalue weighted by Gasteiger charge is -2.67. The maximum absolute atomic E-state index is 14.2. The molecule has 13 atom stereocenters. The molecule has 12 unspecified atom stereocenters. The zero-order valence-electron chi connectivity index (χ0n) is 34.5. The molecule has 10 heteroatoms. The molecule has 302 valence electrons. The largest absolute Gasteiger partial charge is 0.388 e. The molecule has 4 aliphatic carbocycles. The van der Waals surface area contributed by atoms with Crippen molar-refractivity contribution in [3.63, 3.8) is 0 Å². The van der Waals surface area contributed by atoms with Gasteiger partial charge in [0, 0.05) is 41.2 Å². The van der Waals surface area contributed by atoms with E-state index in [-0.39, 0.29) is 46.7 Å². The summed E-state index contributed by atoms with van der Waals surface area (Å²) in [5.41, 5.74) is -1.15. The highest BCUT2D eigenvalue weighted by Crippen LogP contribution is 2.78. The number of aliphatic hydroxyl groups is 4. The van der Waals surface area contributed by atoms with Crippen molar-refractivity contribution in [2.75, 3.05) is 18.5 Å². The van der Waals surface area contributed by atoms with Crippen LogP contribution in [0.3, 0.4) is 0 Å². The van der Waals surface area contributed by atoms with Crippen molar-refractivity contribution in [1.29, 1.82) is 0 Å². The van der Waals surface area contributed by atoms with Crippen LogP contribution in [-0.4, -0.2) is 103 Å². The number of Topliss-reactive ketones (excluding diaryl/α,β-unsaturated/α-hetero) is 1. The highest BCUT2D eigenvalue weighted by Gasteiger charge is 2.87. The summed E-state index contributed by atoms with van der Waals surface area (Å²) in [7, 11) is 0. The lowest BCUT2D eigenvalue weighted by Crippen LogP contribution is -2.77. The van der Waals surface area contributed by atoms with Crippen LogP contribution in [0.25, 0.3) is 0 Å². The number of benzene rings is 1. The van der Waals surface area contributed by atoms with E-state index < -0.39 is 51.7 Å². The molecule has 10 nitrogen and oxygen atoms in total. The van der Waals surface area contributed by atoms with Gasteiger partial charge in [0.2, 0.25) is 0 Å². The van der Waals surface area contributed by atoms with Gasteiger partial charge in [0.15, 0.2) is 11.4 Å². The molecular weight excluding hydrogens is 686 g/mol. The van der Waals surface area contributed by atoms with Crippen LogP contribution in [0.2, 0.25) is 0 Å². The number of nitrogens with one attached hydrogen (secondary N) is 1. The van der Waals surface area contributed by atoms with Crippen molar-refractivity contribution in [3.8, 4) is 0 Å². The van der Waals surface area contributed by atoms with Gasteiger partial charge in [0.1, 0.15) is 23.9 Å². The molecule has 0 aromatic heterocycles. The van der Waals surface area contributed by atoms with Gasteiger partial charge in [-0.3, -0.25) is 4.79 Å². The van der Waals surface area contributed by atoms with E-state index >= 15 is 0 Å². The Labute approximate surface area is 322 Å². The van der Waals surface area contributed by atoms with Gasteiger partial charge < -0.3 is 44.7 Å². The number of carbonyl (C=O) groups excluding carboxylic acids is 1. The Morgan fingerprint density at radius 2 is 1.70 bits per heavy atom. The van der Waals surface area contributed by atoms with E-state index in [2.05, 4.69) is 52.9 Å². The van der Waals surface area contributed by atoms with Gasteiger partial charge in [0.05, 0.1) is 41.0 Å². The van der Waals surface area contributed by atoms with Gasteiger partial charge >= 0.3 is 0 Å². The van der Waals surface area contributed by atoms with E-state index in [9.17, 15) is 20.1 Å². The number of carbonyl (C=O) groups is 1. The zero-order chi connectivity index (χ0) is 39.4. The second-order valence-corrected chi connectivity index (χ2v) is 21.1. The Hall–Kier alpha value is -1.63. The third-order valence-electron chi connectivity index (χ3n) is 16.1. The maximum Gasteiger partial charge on any atom is 0.169 e. The van der Waals surface area contributed by atoms with Crippen molar-refractivity contribution < 1.29 is 44.2 Å². The number of rotatable bonds is 5. The average Bonchev–Trinajstić information content (AvgIpc) is 3.56.